The van der Waals surface area contributed by atoms with Crippen LogP contribution in [0.3, 0.4) is 0 Å². The second kappa shape index (κ2) is 8.92. The maximum Gasteiger partial charge on any atom is 0.310 e. The fourth-order valence-electron chi connectivity index (χ4n) is 3.37. The minimum Gasteiger partial charge on any atom is -0.460 e. The molecule has 1 aliphatic carbocycles. The van der Waals surface area contributed by atoms with Crippen molar-refractivity contribution in [2.24, 2.45) is 17.3 Å². The summed E-state index contributed by atoms with van der Waals surface area (Å²) in [5, 5.41) is 2.72. The minimum atomic E-state index is -1.90. The molecule has 3 nitrogen and oxygen atoms in total. The van der Waals surface area contributed by atoms with E-state index in [0.29, 0.717) is 25.1 Å². The Morgan fingerprint density at radius 2 is 1.89 bits per heavy atom. The highest BCUT2D eigenvalue weighted by Gasteiger charge is 2.62. The number of nitrogens with one attached hydrogen (secondary N) is 1. The largest absolute Gasteiger partial charge is 0.460 e. The highest BCUT2D eigenvalue weighted by atomic mass is 19.3. The molecule has 0 aliphatic heterocycles. The van der Waals surface area contributed by atoms with Crippen LogP contribution < -0.4 is 5.32 Å². The second-order valence-electron chi connectivity index (χ2n) is 7.53. The van der Waals surface area contributed by atoms with Crippen molar-refractivity contribution < 1.29 is 31.5 Å². The maximum atomic E-state index is 14.2. The van der Waals surface area contributed by atoms with Crippen molar-refractivity contribution >= 4 is 11.7 Å². The molecule has 0 saturated heterocycles. The van der Waals surface area contributed by atoms with Crippen molar-refractivity contribution in [1.82, 2.24) is 0 Å². The van der Waals surface area contributed by atoms with E-state index in [-0.39, 0.29) is 5.69 Å². The van der Waals surface area contributed by atoms with Crippen LogP contribution in [-0.2, 0) is 16.1 Å². The molecule has 0 unspecified atom stereocenters. The zero-order chi connectivity index (χ0) is 21.1. The molecule has 0 bridgehead atoms. The fourth-order valence-corrected chi connectivity index (χ4v) is 3.37. The third-order valence-corrected chi connectivity index (χ3v) is 5.18. The Bertz CT molecular complexity index is 759. The molecule has 156 valence electrons. The highest BCUT2D eigenvalue weighted by Crippen LogP contribution is 2.60. The van der Waals surface area contributed by atoms with E-state index in [1.54, 1.807) is 13.8 Å². The van der Waals surface area contributed by atoms with Crippen molar-refractivity contribution in [2.45, 2.75) is 46.6 Å². The smallest absolute Gasteiger partial charge is 0.310 e. The molecule has 1 aliphatic rings. The number of carbonyl (C=O) groups is 1. The number of benzene rings is 1. The van der Waals surface area contributed by atoms with E-state index >= 15 is 0 Å². The van der Waals surface area contributed by atoms with Crippen molar-refractivity contribution in [2.75, 3.05) is 11.9 Å². The number of hydrogen-bond acceptors (Lipinski definition) is 3. The first-order valence-corrected chi connectivity index (χ1v) is 9.20. The molecule has 0 spiro atoms. The molecule has 2 rings (SSSR count). The molecule has 1 saturated carbocycles. The first-order valence-electron chi connectivity index (χ1n) is 9.20. The zero-order valence-corrected chi connectivity index (χ0v) is 16.1. The molecule has 0 radical (unpaired) electrons. The molecule has 1 aromatic carbocycles. The second-order valence-corrected chi connectivity index (χ2v) is 7.53. The maximum absolute atomic E-state index is 14.2. The Kier molecular flexibility index (Phi) is 7.06. The summed E-state index contributed by atoms with van der Waals surface area (Å²) >= 11 is 0. The fraction of sp³-hybridized carbons (Fsp3) is 0.550. The van der Waals surface area contributed by atoms with Crippen LogP contribution in [-0.4, -0.2) is 12.5 Å². The molecule has 1 aromatic rings. The van der Waals surface area contributed by atoms with Crippen LogP contribution in [0, 0.1) is 34.7 Å². The topological polar surface area (TPSA) is 38.3 Å². The van der Waals surface area contributed by atoms with Gasteiger partial charge >= 0.3 is 5.97 Å². The number of halogens is 5. The van der Waals surface area contributed by atoms with Crippen LogP contribution in [0.15, 0.2) is 18.2 Å². The third kappa shape index (κ3) is 4.83. The van der Waals surface area contributed by atoms with E-state index in [9.17, 15) is 26.7 Å². The predicted molar refractivity (Wildman–Crippen MR) is 95.2 cm³/mol. The molecular weight excluding hydrogens is 381 g/mol. The van der Waals surface area contributed by atoms with Gasteiger partial charge in [-0.25, -0.2) is 13.2 Å². The van der Waals surface area contributed by atoms with Gasteiger partial charge in [-0.05, 0) is 17.9 Å². The van der Waals surface area contributed by atoms with Gasteiger partial charge in [-0.3, -0.25) is 4.79 Å². The summed E-state index contributed by atoms with van der Waals surface area (Å²) in [6.07, 6.45) is 1.30. The van der Waals surface area contributed by atoms with Gasteiger partial charge in [-0.15, -0.1) is 0 Å². The van der Waals surface area contributed by atoms with Crippen molar-refractivity contribution in [3.63, 3.8) is 0 Å². The summed E-state index contributed by atoms with van der Waals surface area (Å²) < 4.78 is 72.0. The summed E-state index contributed by atoms with van der Waals surface area (Å²) in [5.41, 5.74) is -1.43. The number of esters is 1. The van der Waals surface area contributed by atoms with Gasteiger partial charge in [0.1, 0.15) is 12.4 Å². The summed E-state index contributed by atoms with van der Waals surface area (Å²) in [4.78, 5) is 12.3. The Labute approximate surface area is 160 Å². The van der Waals surface area contributed by atoms with Gasteiger partial charge in [0.25, 0.3) is 6.08 Å². The molecule has 0 aromatic heterocycles. The number of ether oxygens (including phenoxy) is 1. The van der Waals surface area contributed by atoms with Crippen LogP contribution in [0.5, 0.6) is 0 Å². The SMILES string of the molecule is CCCCCNc1c(F)cc(F)c(F)c1COC(=O)[C@@H]1[C@@H](C=C(F)F)C1(C)C. The Morgan fingerprint density at radius 3 is 2.50 bits per heavy atom. The lowest BCUT2D eigenvalue weighted by Crippen LogP contribution is -2.15. The predicted octanol–water partition coefficient (Wildman–Crippen LogP) is 5.80. The van der Waals surface area contributed by atoms with Crippen LogP contribution in [0.25, 0.3) is 0 Å². The summed E-state index contributed by atoms with van der Waals surface area (Å²) in [7, 11) is 0. The van der Waals surface area contributed by atoms with Gasteiger partial charge < -0.3 is 10.1 Å². The normalized spacial score (nSPS) is 19.9. The molecule has 0 amide bonds. The van der Waals surface area contributed by atoms with E-state index in [1.807, 2.05) is 6.92 Å². The minimum absolute atomic E-state index is 0.260. The average Bonchev–Trinajstić information content (AvgIpc) is 3.14. The number of hydrogen-bond donors (Lipinski definition) is 1. The van der Waals surface area contributed by atoms with E-state index in [4.69, 9.17) is 4.74 Å². The third-order valence-electron chi connectivity index (χ3n) is 5.18. The lowest BCUT2D eigenvalue weighted by atomic mass is 10.1. The number of anilines is 1. The van der Waals surface area contributed by atoms with E-state index in [0.717, 1.165) is 12.8 Å². The van der Waals surface area contributed by atoms with Crippen molar-refractivity contribution in [3.05, 3.63) is 41.2 Å². The van der Waals surface area contributed by atoms with Gasteiger partial charge in [0, 0.05) is 18.5 Å². The number of unbranched alkanes of at least 4 members (excludes halogenated alkanes) is 2. The van der Waals surface area contributed by atoms with Gasteiger partial charge in [0.05, 0.1) is 17.2 Å². The van der Waals surface area contributed by atoms with Crippen LogP contribution >= 0.6 is 0 Å². The monoisotopic (exact) mass is 405 g/mol. The molecule has 2 atom stereocenters. The van der Waals surface area contributed by atoms with Gasteiger partial charge in [-0.2, -0.15) is 8.78 Å². The average molecular weight is 405 g/mol. The lowest BCUT2D eigenvalue weighted by Gasteiger charge is -2.15. The standard InChI is InChI=1S/C20H24F5NO2/c1-4-5-6-7-26-18-11(17(25)13(21)9-14(18)22)10-28-19(27)16-12(8-15(23)24)20(16,2)3/h8-9,12,16,26H,4-7,10H2,1-3H3/t12-,16+/m1/s1. The summed E-state index contributed by atoms with van der Waals surface area (Å²) in [6.45, 7) is 4.89. The molecule has 8 heteroatoms. The van der Waals surface area contributed by atoms with Crippen LogP contribution in [0.4, 0.5) is 27.6 Å². The van der Waals surface area contributed by atoms with E-state index in [1.165, 1.54) is 0 Å². The number of rotatable bonds is 9. The molecule has 0 heterocycles. The molecule has 1 N–H and O–H groups in total. The van der Waals surface area contributed by atoms with Crippen LogP contribution in [0.2, 0.25) is 0 Å². The summed E-state index contributed by atoms with van der Waals surface area (Å²) in [6, 6.07) is 0.428. The quantitative estimate of drug-likeness (QED) is 0.244. The Hall–Kier alpha value is -2.12. The van der Waals surface area contributed by atoms with Crippen molar-refractivity contribution in [3.8, 4) is 0 Å². The molecule has 1 fully saturated rings. The van der Waals surface area contributed by atoms with Crippen LogP contribution in [0.1, 0.15) is 45.6 Å². The van der Waals surface area contributed by atoms with Gasteiger partial charge in [0.15, 0.2) is 11.6 Å². The van der Waals surface area contributed by atoms with E-state index in [2.05, 4.69) is 5.32 Å². The zero-order valence-electron chi connectivity index (χ0n) is 16.1. The lowest BCUT2D eigenvalue weighted by molar-refractivity contribution is -0.147. The first kappa shape index (κ1) is 22.2. The highest BCUT2D eigenvalue weighted by molar-refractivity contribution is 5.78. The first-order chi connectivity index (χ1) is 13.1. The molecular formula is C20H24F5NO2. The number of carbonyl (C=O) groups excluding carboxylic acids is 1. The number of allylic oxidation sites excluding steroid dienone is 1. The van der Waals surface area contributed by atoms with E-state index < -0.39 is 58.9 Å². The van der Waals surface area contributed by atoms with Gasteiger partial charge in [0.2, 0.25) is 0 Å². The van der Waals surface area contributed by atoms with Gasteiger partial charge in [-0.1, -0.05) is 33.6 Å². The summed E-state index contributed by atoms with van der Waals surface area (Å²) in [5.74, 6) is -6.03. The Morgan fingerprint density at radius 1 is 1.21 bits per heavy atom. The Balaban J connectivity index is 2.12. The van der Waals surface area contributed by atoms with Crippen molar-refractivity contribution in [1.29, 1.82) is 0 Å². The molecule has 28 heavy (non-hydrogen) atoms.